The Hall–Kier alpha value is -1.96. The molecule has 3 rings (SSSR count). The first-order chi connectivity index (χ1) is 12.3. The van der Waals surface area contributed by atoms with E-state index in [1.807, 2.05) is 25.2 Å². The lowest BCUT2D eigenvalue weighted by Gasteiger charge is -2.37. The van der Waals surface area contributed by atoms with Gasteiger partial charge in [0.25, 0.3) is 0 Å². The van der Waals surface area contributed by atoms with Gasteiger partial charge in [0.2, 0.25) is 0 Å². The number of nitrogens with zero attached hydrogens (tertiary/aromatic N) is 3. The number of guanidine groups is 1. The van der Waals surface area contributed by atoms with Gasteiger partial charge >= 0.3 is 0 Å². The Morgan fingerprint density at radius 1 is 1.04 bits per heavy atom. The molecule has 2 aromatic rings. The smallest absolute Gasteiger partial charge is 0.194 e. The molecule has 5 nitrogen and oxygen atoms in total. The highest BCUT2D eigenvalue weighted by Gasteiger charge is 2.20. The maximum absolute atomic E-state index is 5.33. The first kappa shape index (κ1) is 20.4. The van der Waals surface area contributed by atoms with Crippen LogP contribution in [0.3, 0.4) is 0 Å². The van der Waals surface area contributed by atoms with E-state index in [0.29, 0.717) is 0 Å². The minimum atomic E-state index is 0. The maximum Gasteiger partial charge on any atom is 0.194 e. The standard InChI is InChI=1S/C20H26N4O.HI/c1-21-20(22-16-17-7-4-3-5-8-17)24-13-11-23(12-14-24)18-9-6-10-19(15-18)25-2;/h3-10,15H,11-14,16H2,1-2H3,(H,21,22);1H. The SMILES string of the molecule is CN=C(NCc1ccccc1)N1CCN(c2cccc(OC)c2)CC1.I. The van der Waals surface area contributed by atoms with E-state index in [-0.39, 0.29) is 24.0 Å². The van der Waals surface area contributed by atoms with E-state index in [4.69, 9.17) is 4.74 Å². The third kappa shape index (κ3) is 5.27. The fourth-order valence-corrected chi connectivity index (χ4v) is 3.09. The van der Waals surface area contributed by atoms with E-state index in [2.05, 4.69) is 56.5 Å². The molecule has 0 radical (unpaired) electrons. The van der Waals surface area contributed by atoms with Gasteiger partial charge in [0.1, 0.15) is 5.75 Å². The number of anilines is 1. The van der Waals surface area contributed by atoms with E-state index in [1.165, 1.54) is 11.3 Å². The first-order valence-corrected chi connectivity index (χ1v) is 8.68. The van der Waals surface area contributed by atoms with Crippen molar-refractivity contribution in [2.45, 2.75) is 6.54 Å². The molecule has 140 valence electrons. The summed E-state index contributed by atoms with van der Waals surface area (Å²) in [5.41, 5.74) is 2.48. The second kappa shape index (κ2) is 10.3. The summed E-state index contributed by atoms with van der Waals surface area (Å²) in [5, 5.41) is 3.47. The second-order valence-corrected chi connectivity index (χ2v) is 6.06. The molecule has 0 aromatic heterocycles. The molecule has 0 atom stereocenters. The van der Waals surface area contributed by atoms with Crippen LogP contribution in [-0.4, -0.2) is 51.2 Å². The molecule has 1 heterocycles. The van der Waals surface area contributed by atoms with Gasteiger partial charge in [-0.2, -0.15) is 0 Å². The Labute approximate surface area is 173 Å². The number of hydrogen-bond donors (Lipinski definition) is 1. The quantitative estimate of drug-likeness (QED) is 0.427. The van der Waals surface area contributed by atoms with Gasteiger partial charge in [0.05, 0.1) is 7.11 Å². The predicted molar refractivity (Wildman–Crippen MR) is 119 cm³/mol. The molecule has 2 aromatic carbocycles. The number of piperazine rings is 1. The van der Waals surface area contributed by atoms with Crippen molar-refractivity contribution in [3.05, 3.63) is 60.2 Å². The summed E-state index contributed by atoms with van der Waals surface area (Å²) in [4.78, 5) is 9.16. The summed E-state index contributed by atoms with van der Waals surface area (Å²) in [6, 6.07) is 18.7. The average Bonchev–Trinajstić information content (AvgIpc) is 2.70. The summed E-state index contributed by atoms with van der Waals surface area (Å²) in [6.45, 7) is 4.64. The van der Waals surface area contributed by atoms with Crippen LogP contribution in [0.2, 0.25) is 0 Å². The Kier molecular flexibility index (Phi) is 8.03. The number of benzene rings is 2. The van der Waals surface area contributed by atoms with Crippen molar-refractivity contribution < 1.29 is 4.74 Å². The van der Waals surface area contributed by atoms with Crippen LogP contribution in [0, 0.1) is 0 Å². The van der Waals surface area contributed by atoms with Crippen LogP contribution in [0.25, 0.3) is 0 Å². The monoisotopic (exact) mass is 466 g/mol. The van der Waals surface area contributed by atoms with E-state index in [9.17, 15) is 0 Å². The molecule has 1 N–H and O–H groups in total. The van der Waals surface area contributed by atoms with Gasteiger partial charge in [-0.1, -0.05) is 36.4 Å². The Bertz CT molecular complexity index is 700. The van der Waals surface area contributed by atoms with Crippen molar-refractivity contribution in [2.75, 3.05) is 45.2 Å². The molecule has 0 saturated carbocycles. The lowest BCUT2D eigenvalue weighted by atomic mass is 10.2. The normalized spacial score (nSPS) is 14.6. The number of rotatable bonds is 4. The Morgan fingerprint density at radius 2 is 1.77 bits per heavy atom. The van der Waals surface area contributed by atoms with Crippen molar-refractivity contribution in [3.63, 3.8) is 0 Å². The lowest BCUT2D eigenvalue weighted by Crippen LogP contribution is -2.52. The highest BCUT2D eigenvalue weighted by Crippen LogP contribution is 2.22. The Morgan fingerprint density at radius 3 is 2.42 bits per heavy atom. The van der Waals surface area contributed by atoms with E-state index in [0.717, 1.165) is 44.4 Å². The van der Waals surface area contributed by atoms with Gasteiger partial charge in [-0.25, -0.2) is 0 Å². The average molecular weight is 466 g/mol. The fourth-order valence-electron chi connectivity index (χ4n) is 3.09. The van der Waals surface area contributed by atoms with Crippen LogP contribution in [0.1, 0.15) is 5.56 Å². The molecule has 0 bridgehead atoms. The molecular weight excluding hydrogens is 439 g/mol. The van der Waals surface area contributed by atoms with Crippen LogP contribution < -0.4 is 15.0 Å². The summed E-state index contributed by atoms with van der Waals surface area (Å²) in [6.07, 6.45) is 0. The van der Waals surface area contributed by atoms with Crippen LogP contribution in [0.4, 0.5) is 5.69 Å². The third-order valence-electron chi connectivity index (χ3n) is 4.50. The highest BCUT2D eigenvalue weighted by atomic mass is 127. The summed E-state index contributed by atoms with van der Waals surface area (Å²) in [7, 11) is 3.56. The fraction of sp³-hybridized carbons (Fsp3) is 0.350. The zero-order chi connectivity index (χ0) is 17.5. The summed E-state index contributed by atoms with van der Waals surface area (Å²) >= 11 is 0. The summed E-state index contributed by atoms with van der Waals surface area (Å²) in [5.74, 6) is 1.87. The molecular formula is C20H27IN4O. The number of nitrogens with one attached hydrogen (secondary N) is 1. The summed E-state index contributed by atoms with van der Waals surface area (Å²) < 4.78 is 5.33. The second-order valence-electron chi connectivity index (χ2n) is 6.06. The van der Waals surface area contributed by atoms with Crippen LogP contribution >= 0.6 is 24.0 Å². The molecule has 0 amide bonds. The van der Waals surface area contributed by atoms with Crippen molar-refractivity contribution in [2.24, 2.45) is 4.99 Å². The molecule has 0 aliphatic carbocycles. The number of aliphatic imine (C=N–C) groups is 1. The van der Waals surface area contributed by atoms with Gasteiger partial charge in [-0.15, -0.1) is 24.0 Å². The number of ether oxygens (including phenoxy) is 1. The highest BCUT2D eigenvalue weighted by molar-refractivity contribution is 14.0. The van der Waals surface area contributed by atoms with Crippen molar-refractivity contribution in [1.29, 1.82) is 0 Å². The maximum atomic E-state index is 5.33. The van der Waals surface area contributed by atoms with E-state index in [1.54, 1.807) is 7.11 Å². The van der Waals surface area contributed by atoms with E-state index < -0.39 is 0 Å². The third-order valence-corrected chi connectivity index (χ3v) is 4.50. The van der Waals surface area contributed by atoms with Crippen LogP contribution in [0.5, 0.6) is 5.75 Å². The number of hydrogen-bond acceptors (Lipinski definition) is 3. The first-order valence-electron chi connectivity index (χ1n) is 8.68. The van der Waals surface area contributed by atoms with Gasteiger partial charge in [-0.3, -0.25) is 4.99 Å². The van der Waals surface area contributed by atoms with Gasteiger partial charge < -0.3 is 19.9 Å². The molecule has 26 heavy (non-hydrogen) atoms. The minimum Gasteiger partial charge on any atom is -0.497 e. The van der Waals surface area contributed by atoms with Gasteiger partial charge in [0, 0.05) is 51.5 Å². The molecule has 1 aliphatic heterocycles. The molecule has 6 heteroatoms. The molecule has 0 unspecified atom stereocenters. The van der Waals surface area contributed by atoms with Gasteiger partial charge in [0.15, 0.2) is 5.96 Å². The largest absolute Gasteiger partial charge is 0.497 e. The predicted octanol–water partition coefficient (Wildman–Crippen LogP) is 3.21. The van der Waals surface area contributed by atoms with Crippen LogP contribution in [0.15, 0.2) is 59.6 Å². The van der Waals surface area contributed by atoms with Crippen LogP contribution in [-0.2, 0) is 6.54 Å². The number of methoxy groups -OCH3 is 1. The zero-order valence-corrected chi connectivity index (χ0v) is 17.7. The topological polar surface area (TPSA) is 40.1 Å². The molecule has 1 fully saturated rings. The number of halogens is 1. The lowest BCUT2D eigenvalue weighted by molar-refractivity contribution is 0.372. The van der Waals surface area contributed by atoms with Gasteiger partial charge in [-0.05, 0) is 17.7 Å². The zero-order valence-electron chi connectivity index (χ0n) is 15.4. The van der Waals surface area contributed by atoms with Crippen molar-refractivity contribution in [3.8, 4) is 5.75 Å². The molecule has 0 spiro atoms. The Balaban J connectivity index is 0.00000243. The van der Waals surface area contributed by atoms with E-state index >= 15 is 0 Å². The van der Waals surface area contributed by atoms with Crippen molar-refractivity contribution in [1.82, 2.24) is 10.2 Å². The van der Waals surface area contributed by atoms with Crippen molar-refractivity contribution >= 4 is 35.6 Å². The molecule has 1 saturated heterocycles. The molecule has 1 aliphatic rings. The minimum absolute atomic E-state index is 0.